The Bertz CT molecular complexity index is 2370. The minimum absolute atomic E-state index is 0.102. The molecule has 5 aromatic rings. The molecule has 0 amide bonds. The van der Waals surface area contributed by atoms with Crippen molar-refractivity contribution in [3.63, 3.8) is 0 Å². The molecular weight excluding hydrogens is 804 g/mol. The van der Waals surface area contributed by atoms with Gasteiger partial charge in [0.1, 0.15) is 12.0 Å². The number of aromatic nitrogens is 2. The van der Waals surface area contributed by atoms with E-state index in [1.807, 2.05) is 60.7 Å². The van der Waals surface area contributed by atoms with Gasteiger partial charge < -0.3 is 15.1 Å². The van der Waals surface area contributed by atoms with Gasteiger partial charge in [-0.2, -0.15) is 0 Å². The molecule has 4 aromatic carbocycles. The van der Waals surface area contributed by atoms with Crippen molar-refractivity contribution in [1.29, 1.82) is 0 Å². The van der Waals surface area contributed by atoms with Gasteiger partial charge in [0.2, 0.25) is 0 Å². The lowest BCUT2D eigenvalue weighted by atomic mass is 9.87. The molecule has 1 aliphatic heterocycles. The number of nitro groups is 1. The first kappa shape index (κ1) is 42.4. The summed E-state index contributed by atoms with van der Waals surface area (Å²) in [5.41, 5.74) is 5.80. The van der Waals surface area contributed by atoms with E-state index >= 15 is 0 Å². The van der Waals surface area contributed by atoms with Crippen molar-refractivity contribution < 1.29 is 13.3 Å². The zero-order valence-corrected chi connectivity index (χ0v) is 35.9. The van der Waals surface area contributed by atoms with Crippen LogP contribution < -0.4 is 14.9 Å². The van der Waals surface area contributed by atoms with Gasteiger partial charge in [0.05, 0.1) is 15.3 Å². The van der Waals surface area contributed by atoms with Gasteiger partial charge in [-0.1, -0.05) is 61.4 Å². The molecule has 1 aromatic heterocycles. The number of nitro benzene ring substituents is 1. The summed E-state index contributed by atoms with van der Waals surface area (Å²) in [6, 6.07) is 27.8. The number of rotatable bonds is 17. The van der Waals surface area contributed by atoms with Gasteiger partial charge in [-0.05, 0) is 105 Å². The first-order chi connectivity index (χ1) is 28.6. The summed E-state index contributed by atoms with van der Waals surface area (Å²) in [6.07, 6.45) is 5.99. The highest BCUT2D eigenvalue weighted by Gasteiger charge is 2.26. The number of hydrogen-bond acceptors (Lipinski definition) is 11. The molecule has 15 heteroatoms. The van der Waals surface area contributed by atoms with E-state index in [9.17, 15) is 18.5 Å². The zero-order valence-electron chi connectivity index (χ0n) is 33.5. The number of nitrogens with zero attached hydrogens (tertiary/aromatic N) is 6. The summed E-state index contributed by atoms with van der Waals surface area (Å²) in [7, 11) is -4.26. The maximum Gasteiger partial charge on any atom is 0.293 e. The SMILES string of the molecule is CCN(CC)C[C@H](CSc1ccccc1)Nc1ccc(S(=O)(=O)Nc2ncnc3cc(N4CCN(CC5=C(c6ccc(Cl)cc6)CCCC5)CC4)ccc23)cc1[N+](=O)[O-]. The summed E-state index contributed by atoms with van der Waals surface area (Å²) >= 11 is 7.84. The number of sulfonamides is 1. The monoisotopic (exact) mass is 854 g/mol. The van der Waals surface area contributed by atoms with Gasteiger partial charge in [0, 0.05) is 78.1 Å². The number of nitrogens with one attached hydrogen (secondary N) is 2. The molecule has 0 bridgehead atoms. The first-order valence-corrected chi connectivity index (χ1v) is 23.1. The van der Waals surface area contributed by atoms with Crippen LogP contribution in [0.1, 0.15) is 45.1 Å². The van der Waals surface area contributed by atoms with Gasteiger partial charge in [0.25, 0.3) is 15.7 Å². The van der Waals surface area contributed by atoms with Crippen LogP contribution >= 0.6 is 23.4 Å². The first-order valence-electron chi connectivity index (χ1n) is 20.3. The van der Waals surface area contributed by atoms with Crippen LogP contribution in [0.2, 0.25) is 5.02 Å². The number of benzene rings is 4. The zero-order chi connectivity index (χ0) is 41.4. The van der Waals surface area contributed by atoms with E-state index in [0.717, 1.165) is 80.3 Å². The third-order valence-electron chi connectivity index (χ3n) is 11.2. The number of piperazine rings is 1. The molecule has 1 saturated heterocycles. The molecule has 7 rings (SSSR count). The number of anilines is 3. The van der Waals surface area contributed by atoms with Crippen molar-refractivity contribution in [3.05, 3.63) is 124 Å². The van der Waals surface area contributed by atoms with Crippen molar-refractivity contribution in [3.8, 4) is 0 Å². The fourth-order valence-corrected chi connectivity index (χ4v) is 10.0. The van der Waals surface area contributed by atoms with E-state index in [1.165, 1.54) is 48.0 Å². The number of allylic oxidation sites excluding steroid dienone is 1. The average Bonchev–Trinajstić information content (AvgIpc) is 3.25. The summed E-state index contributed by atoms with van der Waals surface area (Å²) in [5.74, 6) is 0.758. The minimum Gasteiger partial charge on any atom is -0.375 e. The fraction of sp³-hybridized carbons (Fsp3) is 0.364. The Morgan fingerprint density at radius 2 is 1.66 bits per heavy atom. The van der Waals surface area contributed by atoms with Gasteiger partial charge in [-0.3, -0.25) is 19.7 Å². The predicted molar refractivity (Wildman–Crippen MR) is 241 cm³/mol. The molecule has 1 aliphatic carbocycles. The third kappa shape index (κ3) is 10.7. The molecule has 2 aliphatic rings. The Balaban J connectivity index is 1.03. The Kier molecular flexibility index (Phi) is 14.1. The van der Waals surface area contributed by atoms with Gasteiger partial charge in [-0.15, -0.1) is 11.8 Å². The molecular formula is C44H51ClN8O4S2. The number of fused-ring (bicyclic) bond motifs is 1. The molecule has 2 N–H and O–H groups in total. The number of hydrogen-bond donors (Lipinski definition) is 2. The quantitative estimate of drug-likeness (QED) is 0.0527. The second-order valence-corrected chi connectivity index (χ2v) is 18.2. The maximum absolute atomic E-state index is 13.8. The largest absolute Gasteiger partial charge is 0.375 e. The molecule has 1 fully saturated rings. The summed E-state index contributed by atoms with van der Waals surface area (Å²) in [6.45, 7) is 11.0. The lowest BCUT2D eigenvalue weighted by Gasteiger charge is -2.37. The van der Waals surface area contributed by atoms with Crippen LogP contribution in [-0.4, -0.2) is 97.3 Å². The van der Waals surface area contributed by atoms with E-state index in [1.54, 1.807) is 11.8 Å². The second kappa shape index (κ2) is 19.6. The molecule has 59 heavy (non-hydrogen) atoms. The van der Waals surface area contributed by atoms with E-state index in [-0.39, 0.29) is 28.1 Å². The number of thioether (sulfide) groups is 1. The number of halogens is 1. The van der Waals surface area contributed by atoms with E-state index in [2.05, 4.69) is 60.7 Å². The summed E-state index contributed by atoms with van der Waals surface area (Å²) in [4.78, 5) is 28.6. The van der Waals surface area contributed by atoms with E-state index in [4.69, 9.17) is 11.6 Å². The highest BCUT2D eigenvalue weighted by atomic mass is 35.5. The predicted octanol–water partition coefficient (Wildman–Crippen LogP) is 9.06. The lowest BCUT2D eigenvalue weighted by Crippen LogP contribution is -2.47. The summed E-state index contributed by atoms with van der Waals surface area (Å²) < 4.78 is 30.2. The molecule has 0 saturated carbocycles. The van der Waals surface area contributed by atoms with Crippen molar-refractivity contribution in [1.82, 2.24) is 19.8 Å². The Labute approximate surface area is 356 Å². The van der Waals surface area contributed by atoms with Crippen molar-refractivity contribution in [2.75, 3.05) is 73.0 Å². The van der Waals surface area contributed by atoms with Crippen molar-refractivity contribution >= 4 is 72.7 Å². The van der Waals surface area contributed by atoms with E-state index < -0.39 is 14.9 Å². The van der Waals surface area contributed by atoms with Crippen molar-refractivity contribution in [2.24, 2.45) is 0 Å². The standard InChI is InChI=1S/C44H51ClN8O4S2/c1-3-50(4-2)29-35(30-58-37-11-6-5-7-12-37)48-41-21-19-38(27-43(41)53(54)55)59(56,57)49-44-40-20-18-36(26-42(40)46-31-47-44)52-24-22-51(23-25-52)28-33-10-8-9-13-39(33)32-14-16-34(45)17-15-32/h5-7,11-12,14-21,26-27,31,35,48H,3-4,8-10,13,22-25,28-30H2,1-2H3,(H,46,47,49)/t35-/m1/s1. The van der Waals surface area contributed by atoms with E-state index in [0.29, 0.717) is 23.2 Å². The Morgan fingerprint density at radius 1 is 0.915 bits per heavy atom. The molecule has 1 atom stereocenters. The Hall–Kier alpha value is -4.73. The second-order valence-electron chi connectivity index (χ2n) is 15.0. The summed E-state index contributed by atoms with van der Waals surface area (Å²) in [5, 5.41) is 17.0. The van der Waals surface area contributed by atoms with Gasteiger partial charge in [0.15, 0.2) is 5.82 Å². The topological polar surface area (TPSA) is 137 Å². The lowest BCUT2D eigenvalue weighted by molar-refractivity contribution is -0.384. The van der Waals surface area contributed by atoms with Crippen LogP contribution in [0, 0.1) is 10.1 Å². The fourth-order valence-electron chi connectivity index (χ4n) is 7.90. The van der Waals surface area contributed by atoms with Crippen LogP contribution in [0.25, 0.3) is 16.5 Å². The normalized spacial score (nSPS) is 15.8. The third-order valence-corrected chi connectivity index (χ3v) is 13.9. The molecule has 12 nitrogen and oxygen atoms in total. The smallest absolute Gasteiger partial charge is 0.293 e. The highest BCUT2D eigenvalue weighted by molar-refractivity contribution is 7.99. The molecule has 0 spiro atoms. The van der Waals surface area contributed by atoms with Gasteiger partial charge >= 0.3 is 0 Å². The van der Waals surface area contributed by atoms with Gasteiger partial charge in [-0.25, -0.2) is 18.4 Å². The molecule has 0 unspecified atom stereocenters. The van der Waals surface area contributed by atoms with Crippen LogP contribution in [-0.2, 0) is 10.0 Å². The average molecular weight is 856 g/mol. The van der Waals surface area contributed by atoms with Crippen LogP contribution in [0.4, 0.5) is 22.9 Å². The maximum atomic E-state index is 13.8. The highest BCUT2D eigenvalue weighted by Crippen LogP contribution is 2.35. The molecule has 310 valence electrons. The van der Waals surface area contributed by atoms with Crippen LogP contribution in [0.3, 0.4) is 0 Å². The molecule has 0 radical (unpaired) electrons. The molecule has 2 heterocycles. The van der Waals surface area contributed by atoms with Crippen molar-refractivity contribution in [2.45, 2.75) is 55.4 Å². The minimum atomic E-state index is -4.26. The van der Waals surface area contributed by atoms with Crippen LogP contribution in [0.15, 0.2) is 113 Å². The Morgan fingerprint density at radius 3 is 2.39 bits per heavy atom. The van der Waals surface area contributed by atoms with Crippen LogP contribution in [0.5, 0.6) is 0 Å². The number of likely N-dealkylation sites (N-methyl/N-ethyl adjacent to an activating group) is 1.